The molecule has 0 unspecified atom stereocenters. The summed E-state index contributed by atoms with van der Waals surface area (Å²) in [5, 5.41) is 8.74. The third-order valence-electron chi connectivity index (χ3n) is 2.49. The van der Waals surface area contributed by atoms with Crippen molar-refractivity contribution in [2.24, 2.45) is 0 Å². The second-order valence-electron chi connectivity index (χ2n) is 4.02. The fourth-order valence-electron chi connectivity index (χ4n) is 1.49. The van der Waals surface area contributed by atoms with E-state index in [1.54, 1.807) is 6.92 Å². The van der Waals surface area contributed by atoms with E-state index in [2.05, 4.69) is 4.72 Å². The number of hydrogen-bond donors (Lipinski definition) is 2. The molecule has 0 heterocycles. The van der Waals surface area contributed by atoms with E-state index >= 15 is 0 Å². The maximum atomic E-state index is 13.6. The van der Waals surface area contributed by atoms with E-state index in [4.69, 9.17) is 9.84 Å². The van der Waals surface area contributed by atoms with Crippen molar-refractivity contribution in [3.63, 3.8) is 0 Å². The third kappa shape index (κ3) is 4.73. The van der Waals surface area contributed by atoms with Crippen molar-refractivity contribution >= 4 is 16.0 Å². The number of ether oxygens (including phenoxy) is 1. The Kier molecular flexibility index (Phi) is 6.19. The maximum absolute atomic E-state index is 13.6. The zero-order chi connectivity index (χ0) is 16.0. The van der Waals surface area contributed by atoms with Gasteiger partial charge >= 0.3 is 5.97 Å². The van der Waals surface area contributed by atoms with Crippen molar-refractivity contribution in [2.45, 2.75) is 18.2 Å². The van der Waals surface area contributed by atoms with Crippen LogP contribution < -0.4 is 4.72 Å². The van der Waals surface area contributed by atoms with Gasteiger partial charge in [-0.2, -0.15) is 0 Å². The number of rotatable bonds is 8. The van der Waals surface area contributed by atoms with Crippen molar-refractivity contribution < 1.29 is 31.8 Å². The average Bonchev–Trinajstić information content (AvgIpc) is 2.40. The monoisotopic (exact) mass is 323 g/mol. The van der Waals surface area contributed by atoms with Gasteiger partial charge in [-0.1, -0.05) is 0 Å². The second kappa shape index (κ2) is 7.43. The van der Waals surface area contributed by atoms with Crippen LogP contribution in [0.4, 0.5) is 8.78 Å². The highest BCUT2D eigenvalue weighted by Gasteiger charge is 2.24. The Hall–Kier alpha value is -1.58. The van der Waals surface area contributed by atoms with Crippen molar-refractivity contribution in [1.82, 2.24) is 4.72 Å². The summed E-state index contributed by atoms with van der Waals surface area (Å²) in [5.41, 5.74) is -0.649. The fourth-order valence-corrected chi connectivity index (χ4v) is 2.67. The summed E-state index contributed by atoms with van der Waals surface area (Å²) >= 11 is 0. The Morgan fingerprint density at radius 1 is 1.38 bits per heavy atom. The van der Waals surface area contributed by atoms with Crippen LogP contribution in [0.1, 0.15) is 23.7 Å². The van der Waals surface area contributed by atoms with Gasteiger partial charge in [0.1, 0.15) is 4.90 Å². The first kappa shape index (κ1) is 17.5. The number of nitrogens with one attached hydrogen (secondary N) is 1. The van der Waals surface area contributed by atoms with Gasteiger partial charge in [0.2, 0.25) is 10.0 Å². The number of aromatic carboxylic acids is 1. The molecule has 0 aliphatic carbocycles. The lowest BCUT2D eigenvalue weighted by Crippen LogP contribution is -2.27. The molecule has 0 atom stereocenters. The first-order valence-electron chi connectivity index (χ1n) is 6.09. The van der Waals surface area contributed by atoms with E-state index in [1.165, 1.54) is 0 Å². The first-order valence-corrected chi connectivity index (χ1v) is 7.57. The lowest BCUT2D eigenvalue weighted by molar-refractivity contribution is 0.0696. The minimum Gasteiger partial charge on any atom is -0.478 e. The predicted molar refractivity (Wildman–Crippen MR) is 69.6 cm³/mol. The molecule has 1 aromatic rings. The number of halogens is 2. The summed E-state index contributed by atoms with van der Waals surface area (Å²) in [4.78, 5) is 9.72. The standard InChI is InChI=1S/C12H15F2NO5S/c1-2-20-5-3-4-15-21(18,19)10-7-8(12(16)17)6-9(13)11(10)14/h6-7,15H,2-5H2,1H3,(H,16,17). The van der Waals surface area contributed by atoms with Crippen LogP contribution in [-0.4, -0.2) is 39.3 Å². The first-order chi connectivity index (χ1) is 9.79. The van der Waals surface area contributed by atoms with Gasteiger partial charge in [0.05, 0.1) is 5.56 Å². The molecular formula is C12H15F2NO5S. The van der Waals surface area contributed by atoms with Gasteiger partial charge in [0.25, 0.3) is 0 Å². The Labute approximate surface area is 120 Å². The fraction of sp³-hybridized carbons (Fsp3) is 0.417. The third-order valence-corrected chi connectivity index (χ3v) is 3.95. The van der Waals surface area contributed by atoms with E-state index in [1.807, 2.05) is 0 Å². The topological polar surface area (TPSA) is 92.7 Å². The van der Waals surface area contributed by atoms with Crippen LogP contribution >= 0.6 is 0 Å². The lowest BCUT2D eigenvalue weighted by atomic mass is 10.2. The minimum absolute atomic E-state index is 0.0410. The van der Waals surface area contributed by atoms with E-state index < -0.39 is 38.1 Å². The summed E-state index contributed by atoms with van der Waals surface area (Å²) in [5.74, 6) is -4.71. The smallest absolute Gasteiger partial charge is 0.335 e. The van der Waals surface area contributed by atoms with E-state index in [0.29, 0.717) is 31.8 Å². The molecule has 118 valence electrons. The number of sulfonamides is 1. The van der Waals surface area contributed by atoms with Gasteiger partial charge in [-0.25, -0.2) is 26.7 Å². The number of carboxylic acids is 1. The lowest BCUT2D eigenvalue weighted by Gasteiger charge is -2.09. The number of carboxylic acid groups (broad SMARTS) is 1. The summed E-state index contributed by atoms with van der Waals surface area (Å²) in [7, 11) is -4.34. The van der Waals surface area contributed by atoms with Crippen LogP contribution in [0, 0.1) is 11.6 Å². The summed E-state index contributed by atoms with van der Waals surface area (Å²) < 4.78 is 57.6. The average molecular weight is 323 g/mol. The Morgan fingerprint density at radius 3 is 2.62 bits per heavy atom. The van der Waals surface area contributed by atoms with Crippen LogP contribution in [-0.2, 0) is 14.8 Å². The summed E-state index contributed by atoms with van der Waals surface area (Å²) in [6.45, 7) is 2.53. The molecule has 0 amide bonds. The largest absolute Gasteiger partial charge is 0.478 e. The van der Waals surface area contributed by atoms with Crippen molar-refractivity contribution in [1.29, 1.82) is 0 Å². The van der Waals surface area contributed by atoms with Crippen LogP contribution in [0.15, 0.2) is 17.0 Å². The molecule has 0 aliphatic rings. The summed E-state index contributed by atoms with van der Waals surface area (Å²) in [6, 6.07) is 0.997. The molecule has 9 heteroatoms. The van der Waals surface area contributed by atoms with Crippen LogP contribution in [0.2, 0.25) is 0 Å². The SMILES string of the molecule is CCOCCCNS(=O)(=O)c1cc(C(=O)O)cc(F)c1F. The Morgan fingerprint density at radius 2 is 2.05 bits per heavy atom. The molecule has 6 nitrogen and oxygen atoms in total. The molecule has 2 N–H and O–H groups in total. The van der Waals surface area contributed by atoms with Gasteiger partial charge in [-0.05, 0) is 25.5 Å². The quantitative estimate of drug-likeness (QED) is 0.705. The highest BCUT2D eigenvalue weighted by Crippen LogP contribution is 2.19. The number of benzene rings is 1. The molecule has 0 spiro atoms. The molecule has 0 radical (unpaired) electrons. The maximum Gasteiger partial charge on any atom is 0.335 e. The zero-order valence-corrected chi connectivity index (χ0v) is 12.0. The molecule has 0 aromatic heterocycles. The van der Waals surface area contributed by atoms with Crippen LogP contribution in [0.5, 0.6) is 0 Å². The van der Waals surface area contributed by atoms with Crippen molar-refractivity contribution in [3.05, 3.63) is 29.3 Å². The molecule has 0 saturated heterocycles. The summed E-state index contributed by atoms with van der Waals surface area (Å²) in [6.07, 6.45) is 0.343. The Bertz CT molecular complexity index is 618. The molecule has 1 rings (SSSR count). The van der Waals surface area contributed by atoms with E-state index in [9.17, 15) is 22.0 Å². The molecular weight excluding hydrogens is 308 g/mol. The van der Waals surface area contributed by atoms with Crippen molar-refractivity contribution in [3.8, 4) is 0 Å². The van der Waals surface area contributed by atoms with Gasteiger partial charge < -0.3 is 9.84 Å². The van der Waals surface area contributed by atoms with Crippen LogP contribution in [0.3, 0.4) is 0 Å². The van der Waals surface area contributed by atoms with Gasteiger partial charge in [-0.3, -0.25) is 0 Å². The van der Waals surface area contributed by atoms with Gasteiger partial charge in [0.15, 0.2) is 11.6 Å². The molecule has 1 aromatic carbocycles. The molecule has 0 aliphatic heterocycles. The van der Waals surface area contributed by atoms with Gasteiger partial charge in [0, 0.05) is 19.8 Å². The molecule has 0 saturated carbocycles. The molecule has 0 bridgehead atoms. The van der Waals surface area contributed by atoms with Gasteiger partial charge in [-0.15, -0.1) is 0 Å². The minimum atomic E-state index is -4.34. The molecule has 21 heavy (non-hydrogen) atoms. The Balaban J connectivity index is 2.94. The molecule has 0 fully saturated rings. The van der Waals surface area contributed by atoms with E-state index in [-0.39, 0.29) is 6.54 Å². The predicted octanol–water partition coefficient (Wildman–Crippen LogP) is 1.37. The number of carbonyl (C=O) groups is 1. The van der Waals surface area contributed by atoms with E-state index in [0.717, 1.165) is 0 Å². The highest BCUT2D eigenvalue weighted by atomic mass is 32.2. The van der Waals surface area contributed by atoms with Crippen molar-refractivity contribution in [2.75, 3.05) is 19.8 Å². The highest BCUT2D eigenvalue weighted by molar-refractivity contribution is 7.89. The number of hydrogen-bond acceptors (Lipinski definition) is 4. The zero-order valence-electron chi connectivity index (χ0n) is 11.2. The van der Waals surface area contributed by atoms with Crippen LogP contribution in [0.25, 0.3) is 0 Å². The normalized spacial score (nSPS) is 11.6. The second-order valence-corrected chi connectivity index (χ2v) is 5.76.